The average molecular weight is 304 g/mol. The van der Waals surface area contributed by atoms with E-state index in [0.717, 1.165) is 17.7 Å². The van der Waals surface area contributed by atoms with Gasteiger partial charge in [-0.15, -0.1) is 0 Å². The Morgan fingerprint density at radius 3 is 2.29 bits per heavy atom. The minimum Gasteiger partial charge on any atom is -0.444 e. The molecule has 0 saturated carbocycles. The second kappa shape index (κ2) is 5.42. The number of hydrogen-bond acceptors (Lipinski definition) is 3. The fourth-order valence-electron chi connectivity index (χ4n) is 2.70. The first-order chi connectivity index (χ1) is 9.59. The van der Waals surface area contributed by atoms with Crippen LogP contribution in [0.3, 0.4) is 0 Å². The molecule has 2 aliphatic rings. The van der Waals surface area contributed by atoms with E-state index in [9.17, 15) is 18.4 Å². The largest absolute Gasteiger partial charge is 0.444 e. The highest BCUT2D eigenvalue weighted by atomic mass is 19.3. The van der Waals surface area contributed by atoms with Gasteiger partial charge in [0.1, 0.15) is 11.6 Å². The Bertz CT molecular complexity index is 428. The van der Waals surface area contributed by atoms with Crippen LogP contribution in [0.5, 0.6) is 0 Å². The van der Waals surface area contributed by atoms with E-state index in [1.807, 2.05) is 0 Å². The molecule has 0 aromatic heterocycles. The molecule has 0 aromatic carbocycles. The first-order valence-electron chi connectivity index (χ1n) is 7.25. The molecular weight excluding hydrogens is 282 g/mol. The van der Waals surface area contributed by atoms with Crippen LogP contribution in [0.1, 0.15) is 40.0 Å². The smallest absolute Gasteiger partial charge is 0.411 e. The lowest BCUT2D eigenvalue weighted by Gasteiger charge is -2.29. The Morgan fingerprint density at radius 1 is 1.19 bits per heavy atom. The molecule has 0 aromatic rings. The van der Waals surface area contributed by atoms with Gasteiger partial charge in [-0.3, -0.25) is 9.69 Å². The van der Waals surface area contributed by atoms with Crippen LogP contribution in [0.25, 0.3) is 0 Å². The number of nitrogens with zero attached hydrogens (tertiary/aromatic N) is 2. The van der Waals surface area contributed by atoms with Gasteiger partial charge in [0.25, 0.3) is 5.92 Å². The van der Waals surface area contributed by atoms with E-state index in [1.54, 1.807) is 25.7 Å². The summed E-state index contributed by atoms with van der Waals surface area (Å²) in [5, 5.41) is 0. The van der Waals surface area contributed by atoms with Crippen molar-refractivity contribution in [2.45, 2.75) is 57.6 Å². The lowest BCUT2D eigenvalue weighted by atomic mass is 10.1. The van der Waals surface area contributed by atoms with Gasteiger partial charge in [0.15, 0.2) is 0 Å². The summed E-state index contributed by atoms with van der Waals surface area (Å²) in [6.45, 7) is 5.38. The molecule has 0 aliphatic carbocycles. The molecule has 2 heterocycles. The highest BCUT2D eigenvalue weighted by Gasteiger charge is 2.52. The summed E-state index contributed by atoms with van der Waals surface area (Å²) in [6, 6.07) is -1.12. The van der Waals surface area contributed by atoms with Gasteiger partial charge in [0, 0.05) is 19.5 Å². The van der Waals surface area contributed by atoms with Crippen LogP contribution in [-0.2, 0) is 9.53 Å². The third-order valence-corrected chi connectivity index (χ3v) is 3.60. The fraction of sp³-hybridized carbons (Fsp3) is 0.857. The molecule has 2 aliphatic heterocycles. The van der Waals surface area contributed by atoms with E-state index in [4.69, 9.17) is 4.74 Å². The number of amides is 2. The second-order valence-corrected chi connectivity index (χ2v) is 6.72. The number of carbonyl (C=O) groups is 2. The number of alkyl halides is 2. The van der Waals surface area contributed by atoms with Crippen LogP contribution >= 0.6 is 0 Å². The molecule has 120 valence electrons. The summed E-state index contributed by atoms with van der Waals surface area (Å²) >= 11 is 0. The zero-order valence-corrected chi connectivity index (χ0v) is 12.7. The zero-order chi connectivity index (χ0) is 15.8. The molecule has 0 bridgehead atoms. The number of rotatable bonds is 1. The van der Waals surface area contributed by atoms with Gasteiger partial charge in [0.05, 0.1) is 6.54 Å². The SMILES string of the molecule is CC(C)(C)OC(=O)N1CC(F)(F)C[C@H]1C(=O)N1CCCC1. The average Bonchev–Trinajstić information content (AvgIpc) is 2.92. The molecule has 2 amide bonds. The van der Waals surface area contributed by atoms with E-state index in [1.165, 1.54) is 0 Å². The van der Waals surface area contributed by atoms with Crippen LogP contribution in [-0.4, -0.2) is 59.0 Å². The number of ether oxygens (including phenoxy) is 1. The lowest BCUT2D eigenvalue weighted by molar-refractivity contribution is -0.135. The number of carbonyl (C=O) groups excluding carboxylic acids is 2. The van der Waals surface area contributed by atoms with Gasteiger partial charge in [-0.25, -0.2) is 13.6 Å². The van der Waals surface area contributed by atoms with E-state index < -0.39 is 42.5 Å². The van der Waals surface area contributed by atoms with Gasteiger partial charge in [-0.05, 0) is 33.6 Å². The van der Waals surface area contributed by atoms with E-state index >= 15 is 0 Å². The van der Waals surface area contributed by atoms with Crippen LogP contribution in [0, 0.1) is 0 Å². The fourth-order valence-corrected chi connectivity index (χ4v) is 2.70. The topological polar surface area (TPSA) is 49.9 Å². The summed E-state index contributed by atoms with van der Waals surface area (Å²) in [4.78, 5) is 26.9. The Kier molecular flexibility index (Phi) is 4.13. The predicted molar refractivity (Wildman–Crippen MR) is 72.1 cm³/mol. The lowest BCUT2D eigenvalue weighted by Crippen LogP contribution is -2.48. The van der Waals surface area contributed by atoms with Gasteiger partial charge >= 0.3 is 6.09 Å². The molecule has 2 fully saturated rings. The quantitative estimate of drug-likeness (QED) is 0.746. The van der Waals surface area contributed by atoms with E-state index in [0.29, 0.717) is 13.1 Å². The van der Waals surface area contributed by atoms with Crippen molar-refractivity contribution < 1.29 is 23.1 Å². The Balaban J connectivity index is 2.12. The van der Waals surface area contributed by atoms with Crippen molar-refractivity contribution in [1.29, 1.82) is 0 Å². The van der Waals surface area contributed by atoms with Crippen molar-refractivity contribution in [3.8, 4) is 0 Å². The van der Waals surface area contributed by atoms with Crippen molar-refractivity contribution in [3.63, 3.8) is 0 Å². The minimum absolute atomic E-state index is 0.393. The minimum atomic E-state index is -3.04. The Labute approximate surface area is 123 Å². The molecule has 0 spiro atoms. The molecule has 0 N–H and O–H groups in total. The van der Waals surface area contributed by atoms with Crippen molar-refractivity contribution >= 4 is 12.0 Å². The standard InChI is InChI=1S/C14H22F2N2O3/c1-13(2,3)21-12(20)18-9-14(15,16)8-10(18)11(19)17-6-4-5-7-17/h10H,4-9H2,1-3H3/t10-/m0/s1. The third kappa shape index (κ3) is 3.83. The molecule has 1 atom stereocenters. The molecule has 7 heteroatoms. The van der Waals surface area contributed by atoms with Crippen LogP contribution in [0.2, 0.25) is 0 Å². The summed E-state index contributed by atoms with van der Waals surface area (Å²) in [6.07, 6.45) is 0.279. The van der Waals surface area contributed by atoms with Gasteiger partial charge in [0.2, 0.25) is 5.91 Å². The first-order valence-corrected chi connectivity index (χ1v) is 7.25. The van der Waals surface area contributed by atoms with Gasteiger partial charge in [-0.1, -0.05) is 0 Å². The summed E-state index contributed by atoms with van der Waals surface area (Å²) in [5.41, 5.74) is -0.782. The second-order valence-electron chi connectivity index (χ2n) is 6.72. The molecule has 2 saturated heterocycles. The molecule has 0 unspecified atom stereocenters. The highest BCUT2D eigenvalue weighted by molar-refractivity contribution is 5.86. The molecule has 2 rings (SSSR count). The highest BCUT2D eigenvalue weighted by Crippen LogP contribution is 2.34. The van der Waals surface area contributed by atoms with Crippen molar-refractivity contribution in [2.24, 2.45) is 0 Å². The van der Waals surface area contributed by atoms with E-state index in [-0.39, 0.29) is 0 Å². The maximum absolute atomic E-state index is 13.7. The van der Waals surface area contributed by atoms with Crippen LogP contribution in [0.4, 0.5) is 13.6 Å². The number of likely N-dealkylation sites (tertiary alicyclic amines) is 2. The van der Waals surface area contributed by atoms with Gasteiger partial charge in [-0.2, -0.15) is 0 Å². The van der Waals surface area contributed by atoms with Crippen molar-refractivity contribution in [2.75, 3.05) is 19.6 Å². The molecular formula is C14H22F2N2O3. The van der Waals surface area contributed by atoms with Crippen LogP contribution in [0.15, 0.2) is 0 Å². The Hall–Kier alpha value is -1.40. The normalized spacial score (nSPS) is 25.3. The zero-order valence-electron chi connectivity index (χ0n) is 12.7. The summed E-state index contributed by atoms with van der Waals surface area (Å²) in [5.74, 6) is -3.44. The maximum Gasteiger partial charge on any atom is 0.411 e. The molecule has 21 heavy (non-hydrogen) atoms. The monoisotopic (exact) mass is 304 g/mol. The molecule has 0 radical (unpaired) electrons. The van der Waals surface area contributed by atoms with Gasteiger partial charge < -0.3 is 9.64 Å². The Morgan fingerprint density at radius 2 is 1.76 bits per heavy atom. The summed E-state index contributed by atoms with van der Waals surface area (Å²) in [7, 11) is 0. The van der Waals surface area contributed by atoms with Crippen LogP contribution < -0.4 is 0 Å². The van der Waals surface area contributed by atoms with Crippen molar-refractivity contribution in [1.82, 2.24) is 9.80 Å². The number of halogens is 2. The third-order valence-electron chi connectivity index (χ3n) is 3.60. The maximum atomic E-state index is 13.7. The predicted octanol–water partition coefficient (Wildman–Crippen LogP) is 2.25. The van der Waals surface area contributed by atoms with E-state index in [2.05, 4.69) is 0 Å². The molecule has 5 nitrogen and oxygen atoms in total. The van der Waals surface area contributed by atoms with Crippen molar-refractivity contribution in [3.05, 3.63) is 0 Å². The first kappa shape index (κ1) is 16.0. The summed E-state index contributed by atoms with van der Waals surface area (Å²) < 4.78 is 32.5. The number of hydrogen-bond donors (Lipinski definition) is 0.